The third kappa shape index (κ3) is 2.98. The number of nitrogens with zero attached hydrogens (tertiary/aromatic N) is 3. The van der Waals surface area contributed by atoms with Gasteiger partial charge in [0.25, 0.3) is 5.69 Å². The molecule has 2 aromatic carbocycles. The second kappa shape index (κ2) is 5.72. The van der Waals surface area contributed by atoms with Crippen LogP contribution in [0.1, 0.15) is 5.56 Å². The number of nitro benzene ring substituents is 1. The Morgan fingerprint density at radius 2 is 1.91 bits per heavy atom. The second-order valence-corrected chi connectivity index (χ2v) is 4.67. The summed E-state index contributed by atoms with van der Waals surface area (Å²) in [6.07, 6.45) is 1.55. The lowest BCUT2D eigenvalue weighted by Crippen LogP contribution is -2.02. The molecule has 0 saturated heterocycles. The fourth-order valence-corrected chi connectivity index (χ4v) is 1.99. The largest absolute Gasteiger partial charge is 0.365 e. The number of non-ortho nitro benzene ring substituents is 1. The first kappa shape index (κ1) is 13.9. The third-order valence-electron chi connectivity index (χ3n) is 3.12. The lowest BCUT2D eigenvalue weighted by Gasteiger charge is -2.06. The van der Waals surface area contributed by atoms with Gasteiger partial charge in [-0.25, -0.2) is 9.37 Å². The Labute approximate surface area is 124 Å². The van der Waals surface area contributed by atoms with Crippen molar-refractivity contribution < 1.29 is 9.31 Å². The van der Waals surface area contributed by atoms with Gasteiger partial charge in [0.15, 0.2) is 0 Å². The van der Waals surface area contributed by atoms with Crippen molar-refractivity contribution in [3.8, 4) is 0 Å². The number of benzene rings is 2. The molecule has 3 rings (SSSR count). The zero-order valence-electron chi connectivity index (χ0n) is 11.4. The number of hydrogen-bond donors (Lipinski definition) is 1. The number of nitro groups is 1. The molecule has 0 aliphatic carbocycles. The Morgan fingerprint density at radius 1 is 1.14 bits per heavy atom. The van der Waals surface area contributed by atoms with Crippen molar-refractivity contribution in [1.82, 2.24) is 9.97 Å². The molecule has 7 heteroatoms. The van der Waals surface area contributed by atoms with Gasteiger partial charge in [-0.2, -0.15) is 0 Å². The van der Waals surface area contributed by atoms with E-state index < -0.39 is 4.92 Å². The summed E-state index contributed by atoms with van der Waals surface area (Å²) in [6.45, 7) is 0.454. The van der Waals surface area contributed by atoms with E-state index in [-0.39, 0.29) is 11.5 Å². The summed E-state index contributed by atoms with van der Waals surface area (Å²) < 4.78 is 12.8. The van der Waals surface area contributed by atoms with E-state index >= 15 is 0 Å². The normalized spacial score (nSPS) is 10.6. The molecule has 3 aromatic rings. The van der Waals surface area contributed by atoms with Crippen molar-refractivity contribution in [2.24, 2.45) is 0 Å². The molecule has 0 saturated carbocycles. The predicted molar refractivity (Wildman–Crippen MR) is 79.9 cm³/mol. The smallest absolute Gasteiger partial charge is 0.271 e. The molecule has 1 N–H and O–H groups in total. The van der Waals surface area contributed by atoms with Crippen LogP contribution in [0.15, 0.2) is 48.7 Å². The first-order valence-electron chi connectivity index (χ1n) is 6.51. The van der Waals surface area contributed by atoms with Crippen molar-refractivity contribution in [2.75, 3.05) is 5.32 Å². The Hall–Kier alpha value is -3.09. The summed E-state index contributed by atoms with van der Waals surface area (Å²) in [5.74, 6) is 0.207. The molecule has 1 aromatic heterocycles. The zero-order chi connectivity index (χ0) is 15.5. The molecule has 22 heavy (non-hydrogen) atoms. The van der Waals surface area contributed by atoms with Gasteiger partial charge < -0.3 is 5.32 Å². The minimum atomic E-state index is -0.472. The van der Waals surface area contributed by atoms with Gasteiger partial charge >= 0.3 is 0 Å². The molecule has 6 nitrogen and oxygen atoms in total. The van der Waals surface area contributed by atoms with Crippen LogP contribution >= 0.6 is 0 Å². The van der Waals surface area contributed by atoms with E-state index in [0.717, 1.165) is 5.56 Å². The van der Waals surface area contributed by atoms with E-state index in [9.17, 15) is 14.5 Å². The van der Waals surface area contributed by atoms with Crippen molar-refractivity contribution in [3.63, 3.8) is 0 Å². The average molecular weight is 298 g/mol. The number of rotatable bonds is 4. The first-order valence-corrected chi connectivity index (χ1v) is 6.51. The minimum Gasteiger partial charge on any atom is -0.365 e. The molecule has 0 bridgehead atoms. The average Bonchev–Trinajstić information content (AvgIpc) is 2.53. The standard InChI is InChI=1S/C15H11FN4O2/c16-11-3-1-10(2-4-11)8-18-15-9-17-13-6-5-12(20(21)22)7-14(13)19-15/h1-7,9H,8H2,(H,18,19). The van der Waals surface area contributed by atoms with Crippen LogP contribution in [0.3, 0.4) is 0 Å². The van der Waals surface area contributed by atoms with E-state index in [0.29, 0.717) is 23.4 Å². The summed E-state index contributed by atoms with van der Waals surface area (Å²) >= 11 is 0. The highest BCUT2D eigenvalue weighted by Gasteiger charge is 2.08. The molecular formula is C15H11FN4O2. The van der Waals surface area contributed by atoms with E-state index in [4.69, 9.17) is 0 Å². The first-order chi connectivity index (χ1) is 10.6. The third-order valence-corrected chi connectivity index (χ3v) is 3.12. The highest BCUT2D eigenvalue weighted by Crippen LogP contribution is 2.19. The summed E-state index contributed by atoms with van der Waals surface area (Å²) in [5, 5.41) is 13.8. The fourth-order valence-electron chi connectivity index (χ4n) is 1.99. The Balaban J connectivity index is 1.81. The van der Waals surface area contributed by atoms with Crippen molar-refractivity contribution in [1.29, 1.82) is 0 Å². The maximum atomic E-state index is 12.8. The highest BCUT2D eigenvalue weighted by molar-refractivity contribution is 5.78. The highest BCUT2D eigenvalue weighted by atomic mass is 19.1. The Bertz CT molecular complexity index is 837. The van der Waals surface area contributed by atoms with Crippen LogP contribution in [0, 0.1) is 15.9 Å². The summed E-state index contributed by atoms with van der Waals surface area (Å²) in [5.41, 5.74) is 1.89. The van der Waals surface area contributed by atoms with Gasteiger partial charge in [0.2, 0.25) is 0 Å². The molecule has 0 spiro atoms. The number of anilines is 1. The van der Waals surface area contributed by atoms with Gasteiger partial charge in [-0.1, -0.05) is 12.1 Å². The number of halogens is 1. The molecule has 0 unspecified atom stereocenters. The molecule has 0 aliphatic heterocycles. The topological polar surface area (TPSA) is 81.0 Å². The van der Waals surface area contributed by atoms with Crippen molar-refractivity contribution in [2.45, 2.75) is 6.54 Å². The SMILES string of the molecule is O=[N+]([O-])c1ccc2ncc(NCc3ccc(F)cc3)nc2c1. The van der Waals surface area contributed by atoms with Crippen LogP contribution in [0.5, 0.6) is 0 Å². The van der Waals surface area contributed by atoms with Crippen molar-refractivity contribution >= 4 is 22.5 Å². The quantitative estimate of drug-likeness (QED) is 0.590. The van der Waals surface area contributed by atoms with E-state index in [1.807, 2.05) is 0 Å². The van der Waals surface area contributed by atoms with Crippen LogP contribution in [0.25, 0.3) is 11.0 Å². The van der Waals surface area contributed by atoms with Gasteiger partial charge in [0, 0.05) is 18.7 Å². The second-order valence-electron chi connectivity index (χ2n) is 4.67. The monoisotopic (exact) mass is 298 g/mol. The molecule has 0 aliphatic rings. The van der Waals surface area contributed by atoms with Crippen LogP contribution in [0.4, 0.5) is 15.9 Å². The Kier molecular flexibility index (Phi) is 3.61. The fraction of sp³-hybridized carbons (Fsp3) is 0.0667. The molecule has 0 radical (unpaired) electrons. The van der Waals surface area contributed by atoms with Gasteiger partial charge in [-0.3, -0.25) is 15.1 Å². The molecule has 110 valence electrons. The van der Waals surface area contributed by atoms with Crippen LogP contribution in [0.2, 0.25) is 0 Å². The van der Waals surface area contributed by atoms with Crippen LogP contribution in [-0.2, 0) is 6.54 Å². The molecule has 0 fully saturated rings. The maximum absolute atomic E-state index is 12.8. The van der Waals surface area contributed by atoms with Crippen LogP contribution in [-0.4, -0.2) is 14.9 Å². The number of hydrogen-bond acceptors (Lipinski definition) is 5. The van der Waals surface area contributed by atoms with Gasteiger partial charge in [0.1, 0.15) is 11.6 Å². The number of nitrogens with one attached hydrogen (secondary N) is 1. The van der Waals surface area contributed by atoms with Gasteiger partial charge in [-0.05, 0) is 23.8 Å². The molecule has 0 amide bonds. The van der Waals surface area contributed by atoms with Gasteiger partial charge in [0.05, 0.1) is 22.2 Å². The summed E-state index contributed by atoms with van der Waals surface area (Å²) in [7, 11) is 0. The zero-order valence-corrected chi connectivity index (χ0v) is 11.4. The van der Waals surface area contributed by atoms with Crippen LogP contribution < -0.4 is 5.32 Å². The predicted octanol–water partition coefficient (Wildman–Crippen LogP) is 3.29. The Morgan fingerprint density at radius 3 is 2.64 bits per heavy atom. The summed E-state index contributed by atoms with van der Waals surface area (Å²) in [4.78, 5) is 18.8. The molecular weight excluding hydrogens is 287 g/mol. The van der Waals surface area contributed by atoms with E-state index in [2.05, 4.69) is 15.3 Å². The minimum absolute atomic E-state index is 0.0301. The van der Waals surface area contributed by atoms with Gasteiger partial charge in [-0.15, -0.1) is 0 Å². The number of fused-ring (bicyclic) bond motifs is 1. The number of aromatic nitrogens is 2. The molecule has 0 atom stereocenters. The van der Waals surface area contributed by atoms with E-state index in [1.165, 1.54) is 24.3 Å². The van der Waals surface area contributed by atoms with Crippen molar-refractivity contribution in [3.05, 3.63) is 70.2 Å². The lowest BCUT2D eigenvalue weighted by atomic mass is 10.2. The maximum Gasteiger partial charge on any atom is 0.271 e. The molecule has 1 heterocycles. The van der Waals surface area contributed by atoms with E-state index in [1.54, 1.807) is 24.4 Å². The summed E-state index contributed by atoms with van der Waals surface area (Å²) in [6, 6.07) is 10.4. The lowest BCUT2D eigenvalue weighted by molar-refractivity contribution is -0.384.